The van der Waals surface area contributed by atoms with E-state index in [0.717, 1.165) is 19.6 Å². The number of amides is 1. The second kappa shape index (κ2) is 6.44. The molecule has 1 amide bonds. The predicted molar refractivity (Wildman–Crippen MR) is 58.9 cm³/mol. The van der Waals surface area contributed by atoms with Crippen LogP contribution in [-0.4, -0.2) is 54.1 Å². The second-order valence-electron chi connectivity index (χ2n) is 4.05. The Morgan fingerprint density at radius 3 is 2.56 bits per heavy atom. The number of likely N-dealkylation sites (tertiary alicyclic amines) is 1. The van der Waals surface area contributed by atoms with Gasteiger partial charge in [0, 0.05) is 13.1 Å². The van der Waals surface area contributed by atoms with Gasteiger partial charge in [0.1, 0.15) is 6.04 Å². The molecule has 16 heavy (non-hydrogen) atoms. The summed E-state index contributed by atoms with van der Waals surface area (Å²) in [6.45, 7) is 3.56. The SMILES string of the molecule is NC(CC(=O)NCCN1CCCC1)C(=O)O. The number of carbonyl (C=O) groups is 2. The van der Waals surface area contributed by atoms with Gasteiger partial charge in [-0.05, 0) is 25.9 Å². The van der Waals surface area contributed by atoms with Crippen molar-refractivity contribution in [2.45, 2.75) is 25.3 Å². The molecule has 6 heteroatoms. The average molecular weight is 229 g/mol. The van der Waals surface area contributed by atoms with E-state index in [1.165, 1.54) is 12.8 Å². The summed E-state index contributed by atoms with van der Waals surface area (Å²) in [5.74, 6) is -1.44. The molecule has 0 radical (unpaired) electrons. The Labute approximate surface area is 94.8 Å². The molecule has 1 unspecified atom stereocenters. The summed E-state index contributed by atoms with van der Waals surface area (Å²) in [6, 6.07) is -1.10. The number of carboxylic acids is 1. The van der Waals surface area contributed by atoms with E-state index in [2.05, 4.69) is 10.2 Å². The first kappa shape index (κ1) is 12.9. The molecular formula is C10H19N3O3. The zero-order chi connectivity index (χ0) is 12.0. The fourth-order valence-electron chi connectivity index (χ4n) is 1.72. The molecule has 4 N–H and O–H groups in total. The lowest BCUT2D eigenvalue weighted by molar-refractivity contribution is -0.140. The molecule has 1 aliphatic heterocycles. The number of nitrogens with one attached hydrogen (secondary N) is 1. The van der Waals surface area contributed by atoms with Crippen LogP contribution in [0.4, 0.5) is 0 Å². The number of hydrogen-bond donors (Lipinski definition) is 3. The van der Waals surface area contributed by atoms with E-state index < -0.39 is 12.0 Å². The minimum Gasteiger partial charge on any atom is -0.480 e. The summed E-state index contributed by atoms with van der Waals surface area (Å²) in [5.41, 5.74) is 5.24. The molecule has 0 aromatic carbocycles. The highest BCUT2D eigenvalue weighted by Crippen LogP contribution is 2.05. The zero-order valence-corrected chi connectivity index (χ0v) is 9.32. The van der Waals surface area contributed by atoms with Gasteiger partial charge in [-0.3, -0.25) is 9.59 Å². The molecule has 0 aromatic rings. The average Bonchev–Trinajstić information content (AvgIpc) is 2.70. The van der Waals surface area contributed by atoms with Crippen LogP contribution >= 0.6 is 0 Å². The first-order valence-corrected chi connectivity index (χ1v) is 5.57. The van der Waals surface area contributed by atoms with Crippen LogP contribution < -0.4 is 11.1 Å². The van der Waals surface area contributed by atoms with E-state index in [9.17, 15) is 9.59 Å². The number of nitrogens with two attached hydrogens (primary N) is 1. The van der Waals surface area contributed by atoms with Gasteiger partial charge in [-0.2, -0.15) is 0 Å². The van der Waals surface area contributed by atoms with E-state index in [1.807, 2.05) is 0 Å². The summed E-state index contributed by atoms with van der Waals surface area (Å²) in [6.07, 6.45) is 2.28. The van der Waals surface area contributed by atoms with Crippen LogP contribution in [0, 0.1) is 0 Å². The van der Waals surface area contributed by atoms with Crippen molar-refractivity contribution in [3.8, 4) is 0 Å². The molecule has 6 nitrogen and oxygen atoms in total. The summed E-state index contributed by atoms with van der Waals surface area (Å²) < 4.78 is 0. The Morgan fingerprint density at radius 2 is 2.00 bits per heavy atom. The van der Waals surface area contributed by atoms with E-state index in [0.29, 0.717) is 6.54 Å². The Morgan fingerprint density at radius 1 is 1.38 bits per heavy atom. The lowest BCUT2D eigenvalue weighted by atomic mass is 10.2. The maximum absolute atomic E-state index is 11.3. The molecule has 1 rings (SSSR count). The summed E-state index contributed by atoms with van der Waals surface area (Å²) in [5, 5.41) is 11.2. The third-order valence-corrected chi connectivity index (χ3v) is 2.67. The van der Waals surface area contributed by atoms with Crippen molar-refractivity contribution < 1.29 is 14.7 Å². The molecule has 1 heterocycles. The molecule has 0 bridgehead atoms. The zero-order valence-electron chi connectivity index (χ0n) is 9.32. The van der Waals surface area contributed by atoms with E-state index in [1.54, 1.807) is 0 Å². The fourth-order valence-corrected chi connectivity index (χ4v) is 1.72. The van der Waals surface area contributed by atoms with Crippen molar-refractivity contribution in [2.75, 3.05) is 26.2 Å². The Hall–Kier alpha value is -1.14. The van der Waals surface area contributed by atoms with Gasteiger partial charge in [0.25, 0.3) is 0 Å². The lowest BCUT2D eigenvalue weighted by Crippen LogP contribution is -2.39. The maximum Gasteiger partial charge on any atom is 0.321 e. The third kappa shape index (κ3) is 4.59. The van der Waals surface area contributed by atoms with Crippen LogP contribution in [-0.2, 0) is 9.59 Å². The fraction of sp³-hybridized carbons (Fsp3) is 0.800. The van der Waals surface area contributed by atoms with Crippen molar-refractivity contribution in [3.63, 3.8) is 0 Å². The summed E-state index contributed by atoms with van der Waals surface area (Å²) in [4.78, 5) is 23.9. The van der Waals surface area contributed by atoms with Crippen LogP contribution in [0.3, 0.4) is 0 Å². The smallest absolute Gasteiger partial charge is 0.321 e. The first-order valence-electron chi connectivity index (χ1n) is 5.57. The molecule has 0 aromatic heterocycles. The molecule has 1 fully saturated rings. The number of rotatable bonds is 6. The molecular weight excluding hydrogens is 210 g/mol. The van der Waals surface area contributed by atoms with Crippen LogP contribution in [0.1, 0.15) is 19.3 Å². The highest BCUT2D eigenvalue weighted by molar-refractivity contribution is 5.84. The number of carboxylic acid groups (broad SMARTS) is 1. The minimum absolute atomic E-state index is 0.157. The van der Waals surface area contributed by atoms with Gasteiger partial charge in [0.05, 0.1) is 6.42 Å². The van der Waals surface area contributed by atoms with Crippen LogP contribution in [0.15, 0.2) is 0 Å². The highest BCUT2D eigenvalue weighted by Gasteiger charge is 2.16. The predicted octanol–water partition coefficient (Wildman–Crippen LogP) is -1.000. The maximum atomic E-state index is 11.3. The van der Waals surface area contributed by atoms with Gasteiger partial charge in [-0.1, -0.05) is 0 Å². The quantitative estimate of drug-likeness (QED) is 0.543. The third-order valence-electron chi connectivity index (χ3n) is 2.67. The largest absolute Gasteiger partial charge is 0.480 e. The van der Waals surface area contributed by atoms with Crippen molar-refractivity contribution in [3.05, 3.63) is 0 Å². The highest BCUT2D eigenvalue weighted by atomic mass is 16.4. The van der Waals surface area contributed by atoms with Gasteiger partial charge in [-0.25, -0.2) is 0 Å². The molecule has 1 atom stereocenters. The Kier molecular flexibility index (Phi) is 5.21. The summed E-state index contributed by atoms with van der Waals surface area (Å²) in [7, 11) is 0. The second-order valence-corrected chi connectivity index (χ2v) is 4.05. The van der Waals surface area contributed by atoms with Gasteiger partial charge in [0.15, 0.2) is 0 Å². The minimum atomic E-state index is -1.14. The Bertz CT molecular complexity index is 252. The van der Waals surface area contributed by atoms with Crippen molar-refractivity contribution in [2.24, 2.45) is 5.73 Å². The van der Waals surface area contributed by atoms with Crippen molar-refractivity contribution in [1.82, 2.24) is 10.2 Å². The lowest BCUT2D eigenvalue weighted by Gasteiger charge is -2.15. The standard InChI is InChI=1S/C10H19N3O3/c11-8(10(15)16)7-9(14)12-3-6-13-4-1-2-5-13/h8H,1-7,11H2,(H,12,14)(H,15,16). The molecule has 0 spiro atoms. The molecule has 0 aliphatic carbocycles. The van der Waals surface area contributed by atoms with Crippen LogP contribution in [0.5, 0.6) is 0 Å². The van der Waals surface area contributed by atoms with Crippen LogP contribution in [0.2, 0.25) is 0 Å². The van der Waals surface area contributed by atoms with Crippen molar-refractivity contribution in [1.29, 1.82) is 0 Å². The van der Waals surface area contributed by atoms with Crippen molar-refractivity contribution >= 4 is 11.9 Å². The number of aliphatic carboxylic acids is 1. The summed E-state index contributed by atoms with van der Waals surface area (Å²) >= 11 is 0. The topological polar surface area (TPSA) is 95.7 Å². The molecule has 92 valence electrons. The molecule has 0 saturated carbocycles. The first-order chi connectivity index (χ1) is 7.59. The van der Waals surface area contributed by atoms with Gasteiger partial charge in [-0.15, -0.1) is 0 Å². The van der Waals surface area contributed by atoms with Gasteiger partial charge < -0.3 is 21.1 Å². The molecule has 1 saturated heterocycles. The number of carbonyl (C=O) groups excluding carboxylic acids is 1. The van der Waals surface area contributed by atoms with E-state index in [4.69, 9.17) is 10.8 Å². The number of nitrogens with zero attached hydrogens (tertiary/aromatic N) is 1. The van der Waals surface area contributed by atoms with Gasteiger partial charge in [0.2, 0.25) is 5.91 Å². The van der Waals surface area contributed by atoms with E-state index >= 15 is 0 Å². The normalized spacial score (nSPS) is 18.3. The van der Waals surface area contributed by atoms with E-state index in [-0.39, 0.29) is 12.3 Å². The molecule has 1 aliphatic rings. The van der Waals surface area contributed by atoms with Crippen LogP contribution in [0.25, 0.3) is 0 Å². The Balaban J connectivity index is 2.07. The monoisotopic (exact) mass is 229 g/mol. The number of hydrogen-bond acceptors (Lipinski definition) is 4. The van der Waals surface area contributed by atoms with Gasteiger partial charge >= 0.3 is 5.97 Å².